The van der Waals surface area contributed by atoms with E-state index in [9.17, 15) is 4.79 Å². The first-order chi connectivity index (χ1) is 15.4. The lowest BCUT2D eigenvalue weighted by Crippen LogP contribution is -2.54. The van der Waals surface area contributed by atoms with Gasteiger partial charge in [-0.05, 0) is 32.0 Å². The van der Waals surface area contributed by atoms with Gasteiger partial charge in [-0.15, -0.1) is 0 Å². The molecule has 2 aromatic heterocycles. The molecule has 1 aromatic carbocycles. The molecule has 0 N–H and O–H groups in total. The molecule has 0 spiro atoms. The quantitative estimate of drug-likeness (QED) is 0.560. The van der Waals surface area contributed by atoms with Crippen LogP contribution >= 0.6 is 23.2 Å². The first kappa shape index (κ1) is 22.4. The number of piperazine rings is 1. The second-order valence-electron chi connectivity index (χ2n) is 7.68. The lowest BCUT2D eigenvalue weighted by Gasteiger charge is -2.41. The summed E-state index contributed by atoms with van der Waals surface area (Å²) in [4.78, 5) is 25.6. The van der Waals surface area contributed by atoms with Crippen LogP contribution < -0.4 is 9.64 Å². The predicted molar refractivity (Wildman–Crippen MR) is 124 cm³/mol. The molecule has 1 amide bonds. The summed E-state index contributed by atoms with van der Waals surface area (Å²) in [7, 11) is 1.60. The smallest absolute Gasteiger partial charge is 0.244 e. The largest absolute Gasteiger partial charge is 0.495 e. The van der Waals surface area contributed by atoms with Gasteiger partial charge < -0.3 is 14.5 Å². The third kappa shape index (κ3) is 4.38. The van der Waals surface area contributed by atoms with Gasteiger partial charge in [0.2, 0.25) is 5.91 Å². The zero-order valence-corrected chi connectivity index (χ0v) is 19.6. The zero-order chi connectivity index (χ0) is 22.8. The minimum Gasteiger partial charge on any atom is -0.495 e. The molecular formula is C22H24Cl2N6O2. The van der Waals surface area contributed by atoms with E-state index in [1.165, 1.54) is 0 Å². The number of halogens is 2. The van der Waals surface area contributed by atoms with Crippen molar-refractivity contribution in [1.82, 2.24) is 24.6 Å². The van der Waals surface area contributed by atoms with E-state index in [0.29, 0.717) is 52.6 Å². The van der Waals surface area contributed by atoms with Gasteiger partial charge in [0, 0.05) is 49.8 Å². The van der Waals surface area contributed by atoms with E-state index in [1.54, 1.807) is 30.3 Å². The van der Waals surface area contributed by atoms with Crippen LogP contribution in [-0.4, -0.2) is 63.3 Å². The Bertz CT molecular complexity index is 1120. The van der Waals surface area contributed by atoms with Gasteiger partial charge in [0.1, 0.15) is 18.0 Å². The van der Waals surface area contributed by atoms with Gasteiger partial charge in [0.25, 0.3) is 0 Å². The Kier molecular flexibility index (Phi) is 6.53. The van der Waals surface area contributed by atoms with Crippen LogP contribution in [0.15, 0.2) is 36.7 Å². The number of anilines is 1. The minimum atomic E-state index is -0.00590. The number of carbonyl (C=O) groups excluding carboxylic acids is 1. The Morgan fingerprint density at radius 1 is 1.22 bits per heavy atom. The van der Waals surface area contributed by atoms with Crippen LogP contribution in [0.4, 0.5) is 5.69 Å². The Morgan fingerprint density at radius 2 is 1.97 bits per heavy atom. The fraction of sp³-hybridized carbons (Fsp3) is 0.364. The number of hydrogen-bond donors (Lipinski definition) is 0. The standard InChI is InChI=1S/C22H24Cl2N6O2/c1-14-12-28(16-5-6-17(23)18(11-16)32-3)9-10-29(14)19(31)13-30-15(2)20(24)21(27-30)22-25-7-4-8-26-22/h4-8,11,14H,9-10,12-13H2,1-3H3/t14-/m0/s1. The highest BCUT2D eigenvalue weighted by Crippen LogP contribution is 2.31. The number of amides is 1. The van der Waals surface area contributed by atoms with E-state index in [4.69, 9.17) is 27.9 Å². The van der Waals surface area contributed by atoms with E-state index in [2.05, 4.69) is 20.0 Å². The van der Waals surface area contributed by atoms with Gasteiger partial charge in [-0.3, -0.25) is 9.48 Å². The number of rotatable bonds is 5. The molecular weight excluding hydrogens is 451 g/mol. The lowest BCUT2D eigenvalue weighted by molar-refractivity contribution is -0.134. The average molecular weight is 475 g/mol. The maximum atomic E-state index is 13.1. The molecule has 1 aliphatic rings. The molecule has 0 unspecified atom stereocenters. The number of ether oxygens (including phenoxy) is 1. The first-order valence-corrected chi connectivity index (χ1v) is 11.0. The molecule has 8 nitrogen and oxygen atoms in total. The van der Waals surface area contributed by atoms with E-state index in [1.807, 2.05) is 36.9 Å². The minimum absolute atomic E-state index is 0.00590. The van der Waals surface area contributed by atoms with Gasteiger partial charge >= 0.3 is 0 Å². The molecule has 3 aromatic rings. The second kappa shape index (κ2) is 9.34. The first-order valence-electron chi connectivity index (χ1n) is 10.3. The van der Waals surface area contributed by atoms with Gasteiger partial charge in [-0.2, -0.15) is 5.10 Å². The SMILES string of the molecule is COc1cc(N2CCN(C(=O)Cn3nc(-c4ncccn4)c(Cl)c3C)[C@@H](C)C2)ccc1Cl. The van der Waals surface area contributed by atoms with E-state index >= 15 is 0 Å². The van der Waals surface area contributed by atoms with Gasteiger partial charge in [-0.1, -0.05) is 23.2 Å². The maximum Gasteiger partial charge on any atom is 0.244 e. The summed E-state index contributed by atoms with van der Waals surface area (Å²) in [6.45, 7) is 6.01. The molecule has 3 heterocycles. The molecule has 1 aliphatic heterocycles. The van der Waals surface area contributed by atoms with E-state index < -0.39 is 0 Å². The third-order valence-corrected chi connectivity index (χ3v) is 6.41. The van der Waals surface area contributed by atoms with Crippen molar-refractivity contribution < 1.29 is 9.53 Å². The summed E-state index contributed by atoms with van der Waals surface area (Å²) in [5.74, 6) is 1.07. The lowest BCUT2D eigenvalue weighted by atomic mass is 10.1. The number of nitrogens with zero attached hydrogens (tertiary/aromatic N) is 6. The van der Waals surface area contributed by atoms with Crippen molar-refractivity contribution in [3.8, 4) is 17.3 Å². The molecule has 0 radical (unpaired) electrons. The molecule has 10 heteroatoms. The fourth-order valence-electron chi connectivity index (χ4n) is 3.87. The molecule has 0 aliphatic carbocycles. The average Bonchev–Trinajstić information content (AvgIpc) is 3.08. The summed E-state index contributed by atoms with van der Waals surface area (Å²) < 4.78 is 6.96. The molecule has 0 bridgehead atoms. The van der Waals surface area contributed by atoms with Crippen molar-refractivity contribution in [2.45, 2.75) is 26.4 Å². The highest BCUT2D eigenvalue weighted by atomic mass is 35.5. The summed E-state index contributed by atoms with van der Waals surface area (Å²) in [5.41, 5.74) is 2.21. The van der Waals surface area contributed by atoms with Crippen LogP contribution in [-0.2, 0) is 11.3 Å². The Hall–Kier alpha value is -2.84. The number of aromatic nitrogens is 4. The van der Waals surface area contributed by atoms with Crippen molar-refractivity contribution in [2.75, 3.05) is 31.6 Å². The molecule has 168 valence electrons. The van der Waals surface area contributed by atoms with Crippen LogP contribution in [0.2, 0.25) is 10.0 Å². The molecule has 32 heavy (non-hydrogen) atoms. The van der Waals surface area contributed by atoms with E-state index in [0.717, 1.165) is 5.69 Å². The number of carbonyl (C=O) groups is 1. The number of benzene rings is 1. The fourth-order valence-corrected chi connectivity index (χ4v) is 4.28. The van der Waals surface area contributed by atoms with Gasteiger partial charge in [-0.25, -0.2) is 9.97 Å². The molecule has 4 rings (SSSR count). The molecule has 0 saturated carbocycles. The van der Waals surface area contributed by atoms with Crippen LogP contribution in [0.1, 0.15) is 12.6 Å². The molecule has 1 saturated heterocycles. The van der Waals surface area contributed by atoms with Crippen molar-refractivity contribution >= 4 is 34.8 Å². The monoisotopic (exact) mass is 474 g/mol. The van der Waals surface area contributed by atoms with Crippen LogP contribution in [0.5, 0.6) is 5.75 Å². The summed E-state index contributed by atoms with van der Waals surface area (Å²) in [6.07, 6.45) is 3.27. The van der Waals surface area contributed by atoms with Crippen molar-refractivity contribution in [3.05, 3.63) is 52.4 Å². The van der Waals surface area contributed by atoms with Gasteiger partial charge in [0.15, 0.2) is 5.82 Å². The Labute approximate surface area is 196 Å². The maximum absolute atomic E-state index is 13.1. The molecule has 1 atom stereocenters. The van der Waals surface area contributed by atoms with Crippen LogP contribution in [0, 0.1) is 6.92 Å². The van der Waals surface area contributed by atoms with Crippen LogP contribution in [0.3, 0.4) is 0 Å². The molecule has 1 fully saturated rings. The second-order valence-corrected chi connectivity index (χ2v) is 8.46. The van der Waals surface area contributed by atoms with Crippen molar-refractivity contribution in [2.24, 2.45) is 0 Å². The summed E-state index contributed by atoms with van der Waals surface area (Å²) >= 11 is 12.6. The zero-order valence-electron chi connectivity index (χ0n) is 18.1. The highest BCUT2D eigenvalue weighted by Gasteiger charge is 2.29. The number of methoxy groups -OCH3 is 1. The van der Waals surface area contributed by atoms with Crippen molar-refractivity contribution in [1.29, 1.82) is 0 Å². The summed E-state index contributed by atoms with van der Waals surface area (Å²) in [6, 6.07) is 7.48. The van der Waals surface area contributed by atoms with Crippen molar-refractivity contribution in [3.63, 3.8) is 0 Å². The highest BCUT2D eigenvalue weighted by molar-refractivity contribution is 6.33. The normalized spacial score (nSPS) is 16.3. The van der Waals surface area contributed by atoms with Crippen LogP contribution in [0.25, 0.3) is 11.5 Å². The topological polar surface area (TPSA) is 76.4 Å². The van der Waals surface area contributed by atoms with E-state index in [-0.39, 0.29) is 18.5 Å². The Morgan fingerprint density at radius 3 is 2.66 bits per heavy atom. The Balaban J connectivity index is 1.45. The third-order valence-electron chi connectivity index (χ3n) is 5.64. The van der Waals surface area contributed by atoms with Gasteiger partial charge in [0.05, 0.1) is 22.8 Å². The summed E-state index contributed by atoms with van der Waals surface area (Å²) in [5, 5.41) is 5.54. The predicted octanol–water partition coefficient (Wildman–Crippen LogP) is 3.70. The number of hydrogen-bond acceptors (Lipinski definition) is 6.